The second-order valence-electron chi connectivity index (χ2n) is 4.64. The van der Waals surface area contributed by atoms with Gasteiger partial charge in [0.05, 0.1) is 0 Å². The maximum Gasteiger partial charge on any atom is 0.0448 e. The van der Waals surface area contributed by atoms with Crippen LogP contribution >= 0.6 is 11.6 Å². The lowest BCUT2D eigenvalue weighted by Gasteiger charge is -2.07. The number of rotatable bonds is 5. The molecule has 0 spiro atoms. The minimum Gasteiger partial charge on any atom is -0.316 e. The van der Waals surface area contributed by atoms with Crippen molar-refractivity contribution in [3.05, 3.63) is 63.9 Å². The fraction of sp³-hybridized carbons (Fsp3) is 0.312. The van der Waals surface area contributed by atoms with Crippen molar-refractivity contribution in [2.24, 2.45) is 0 Å². The van der Waals surface area contributed by atoms with Crippen LogP contribution in [0.15, 0.2) is 36.5 Å². The van der Waals surface area contributed by atoms with Gasteiger partial charge in [-0.3, -0.25) is 4.98 Å². The summed E-state index contributed by atoms with van der Waals surface area (Å²) in [6, 6.07) is 10.4. The van der Waals surface area contributed by atoms with E-state index < -0.39 is 0 Å². The van der Waals surface area contributed by atoms with E-state index in [0.29, 0.717) is 0 Å². The molecule has 0 bridgehead atoms. The Morgan fingerprint density at radius 1 is 1.16 bits per heavy atom. The average Bonchev–Trinajstić information content (AvgIpc) is 2.43. The fourth-order valence-corrected chi connectivity index (χ4v) is 2.28. The highest BCUT2D eigenvalue weighted by molar-refractivity contribution is 6.31. The predicted octanol–water partition coefficient (Wildman–Crippen LogP) is 3.61. The maximum atomic E-state index is 6.32. The smallest absolute Gasteiger partial charge is 0.0448 e. The monoisotopic (exact) mass is 274 g/mol. The second-order valence-corrected chi connectivity index (χ2v) is 5.05. The van der Waals surface area contributed by atoms with Crippen LogP contribution in [0.3, 0.4) is 0 Å². The first kappa shape index (κ1) is 14.0. The van der Waals surface area contributed by atoms with Gasteiger partial charge in [-0.15, -0.1) is 0 Å². The summed E-state index contributed by atoms with van der Waals surface area (Å²) in [4.78, 5) is 4.47. The third kappa shape index (κ3) is 3.79. The highest BCUT2D eigenvalue weighted by Crippen LogP contribution is 2.20. The summed E-state index contributed by atoms with van der Waals surface area (Å²) in [6.07, 6.45) is 3.74. The first-order valence-corrected chi connectivity index (χ1v) is 6.96. The molecule has 1 heterocycles. The van der Waals surface area contributed by atoms with Crippen molar-refractivity contribution in [2.75, 3.05) is 7.05 Å². The molecule has 2 nitrogen and oxygen atoms in total. The molecule has 1 N–H and O–H groups in total. The van der Waals surface area contributed by atoms with Crippen LogP contribution in [0.5, 0.6) is 0 Å². The predicted molar refractivity (Wildman–Crippen MR) is 80.6 cm³/mol. The SMILES string of the molecule is CCc1ccc(Cc2ccc(CNC)cc2Cl)nc1. The zero-order valence-electron chi connectivity index (χ0n) is 11.4. The van der Waals surface area contributed by atoms with E-state index in [0.717, 1.165) is 35.7 Å². The van der Waals surface area contributed by atoms with Crippen LogP contribution in [0.2, 0.25) is 5.02 Å². The van der Waals surface area contributed by atoms with Crippen LogP contribution in [0, 0.1) is 0 Å². The summed E-state index contributed by atoms with van der Waals surface area (Å²) >= 11 is 6.32. The number of hydrogen-bond donors (Lipinski definition) is 1. The quantitative estimate of drug-likeness (QED) is 0.901. The molecule has 0 amide bonds. The first-order chi connectivity index (χ1) is 9.22. The van der Waals surface area contributed by atoms with Gasteiger partial charge >= 0.3 is 0 Å². The zero-order chi connectivity index (χ0) is 13.7. The summed E-state index contributed by atoms with van der Waals surface area (Å²) in [5.41, 5.74) is 4.64. The molecule has 0 saturated carbocycles. The van der Waals surface area contributed by atoms with Crippen LogP contribution in [-0.2, 0) is 19.4 Å². The van der Waals surface area contributed by atoms with Gasteiger partial charge in [0.15, 0.2) is 0 Å². The molecule has 3 heteroatoms. The molecule has 0 unspecified atom stereocenters. The Bertz CT molecular complexity index is 535. The standard InChI is InChI=1S/C16H19ClN2/c1-3-12-5-7-15(19-11-12)9-14-6-4-13(10-18-2)8-16(14)17/h4-8,11,18H,3,9-10H2,1-2H3. The molecule has 0 radical (unpaired) electrons. The van der Waals surface area contributed by atoms with Gasteiger partial charge in [0.1, 0.15) is 0 Å². The molecule has 100 valence electrons. The Morgan fingerprint density at radius 2 is 1.95 bits per heavy atom. The van der Waals surface area contributed by atoms with Crippen LogP contribution in [0.4, 0.5) is 0 Å². The lowest BCUT2D eigenvalue weighted by atomic mass is 10.1. The van der Waals surface area contributed by atoms with E-state index in [2.05, 4.69) is 41.5 Å². The average molecular weight is 275 g/mol. The van der Waals surface area contributed by atoms with E-state index in [1.807, 2.05) is 19.3 Å². The number of nitrogens with zero attached hydrogens (tertiary/aromatic N) is 1. The number of pyridine rings is 1. The summed E-state index contributed by atoms with van der Waals surface area (Å²) in [6.45, 7) is 2.97. The molecular formula is C16H19ClN2. The molecule has 0 aliphatic heterocycles. The van der Waals surface area contributed by atoms with Crippen molar-refractivity contribution in [3.63, 3.8) is 0 Å². The van der Waals surface area contributed by atoms with Gasteiger partial charge in [-0.2, -0.15) is 0 Å². The highest BCUT2D eigenvalue weighted by atomic mass is 35.5. The molecule has 0 aliphatic rings. The van der Waals surface area contributed by atoms with Gasteiger partial charge in [0.2, 0.25) is 0 Å². The molecule has 19 heavy (non-hydrogen) atoms. The Balaban J connectivity index is 2.13. The highest BCUT2D eigenvalue weighted by Gasteiger charge is 2.04. The Hall–Kier alpha value is -1.38. The van der Waals surface area contributed by atoms with Gasteiger partial charge in [-0.1, -0.05) is 36.7 Å². The van der Waals surface area contributed by atoms with Gasteiger partial charge in [0, 0.05) is 29.9 Å². The normalized spacial score (nSPS) is 10.7. The van der Waals surface area contributed by atoms with Crippen LogP contribution in [-0.4, -0.2) is 12.0 Å². The van der Waals surface area contributed by atoms with E-state index in [1.54, 1.807) is 0 Å². The number of hydrogen-bond acceptors (Lipinski definition) is 2. The zero-order valence-corrected chi connectivity index (χ0v) is 12.2. The molecule has 0 saturated heterocycles. The van der Waals surface area contributed by atoms with Crippen molar-refractivity contribution in [1.29, 1.82) is 0 Å². The van der Waals surface area contributed by atoms with Gasteiger partial charge < -0.3 is 5.32 Å². The van der Waals surface area contributed by atoms with E-state index in [4.69, 9.17) is 11.6 Å². The summed E-state index contributed by atoms with van der Waals surface area (Å²) in [5.74, 6) is 0. The lowest BCUT2D eigenvalue weighted by Crippen LogP contribution is -2.05. The number of halogens is 1. The summed E-state index contributed by atoms with van der Waals surface area (Å²) in [7, 11) is 1.93. The van der Waals surface area contributed by atoms with Gasteiger partial charge in [0.25, 0.3) is 0 Å². The van der Waals surface area contributed by atoms with E-state index >= 15 is 0 Å². The molecule has 0 aliphatic carbocycles. The van der Waals surface area contributed by atoms with Crippen LogP contribution < -0.4 is 5.32 Å². The van der Waals surface area contributed by atoms with E-state index in [9.17, 15) is 0 Å². The largest absolute Gasteiger partial charge is 0.316 e. The Kier molecular flexibility index (Phi) is 4.94. The Labute approximate surface area is 119 Å². The molecule has 0 fully saturated rings. The number of aryl methyl sites for hydroxylation is 1. The molecule has 1 aromatic carbocycles. The van der Waals surface area contributed by atoms with Gasteiger partial charge in [-0.25, -0.2) is 0 Å². The molecular weight excluding hydrogens is 256 g/mol. The topological polar surface area (TPSA) is 24.9 Å². The third-order valence-corrected chi connectivity index (χ3v) is 3.52. The maximum absolute atomic E-state index is 6.32. The second kappa shape index (κ2) is 6.69. The lowest BCUT2D eigenvalue weighted by molar-refractivity contribution is 0.817. The molecule has 0 atom stereocenters. The molecule has 2 aromatic rings. The number of benzene rings is 1. The fourth-order valence-electron chi connectivity index (χ4n) is 2.01. The number of nitrogens with one attached hydrogen (secondary N) is 1. The van der Waals surface area contributed by atoms with E-state index in [1.165, 1.54) is 11.1 Å². The first-order valence-electron chi connectivity index (χ1n) is 6.58. The minimum atomic E-state index is 0.780. The Morgan fingerprint density at radius 3 is 2.53 bits per heavy atom. The summed E-state index contributed by atoms with van der Waals surface area (Å²) < 4.78 is 0. The van der Waals surface area contributed by atoms with Crippen molar-refractivity contribution >= 4 is 11.6 Å². The van der Waals surface area contributed by atoms with Crippen LogP contribution in [0.25, 0.3) is 0 Å². The molecule has 1 aromatic heterocycles. The number of aromatic nitrogens is 1. The van der Waals surface area contributed by atoms with Crippen molar-refractivity contribution in [2.45, 2.75) is 26.3 Å². The molecule has 2 rings (SSSR count). The van der Waals surface area contributed by atoms with Crippen molar-refractivity contribution < 1.29 is 0 Å². The van der Waals surface area contributed by atoms with Crippen LogP contribution in [0.1, 0.15) is 29.3 Å². The van der Waals surface area contributed by atoms with Crippen molar-refractivity contribution in [1.82, 2.24) is 10.3 Å². The van der Waals surface area contributed by atoms with Gasteiger partial charge in [-0.05, 0) is 42.3 Å². The third-order valence-electron chi connectivity index (χ3n) is 3.16. The summed E-state index contributed by atoms with van der Waals surface area (Å²) in [5, 5.41) is 3.94. The van der Waals surface area contributed by atoms with Crippen molar-refractivity contribution in [3.8, 4) is 0 Å². The van der Waals surface area contributed by atoms with E-state index in [-0.39, 0.29) is 0 Å². The minimum absolute atomic E-state index is 0.780.